The van der Waals surface area contributed by atoms with Crippen LogP contribution in [-0.2, 0) is 4.79 Å². The number of benzene rings is 1. The van der Waals surface area contributed by atoms with Gasteiger partial charge in [0.15, 0.2) is 0 Å². The molecule has 0 bridgehead atoms. The maximum Gasteiger partial charge on any atom is 0.303 e. The van der Waals surface area contributed by atoms with Crippen molar-refractivity contribution in [2.45, 2.75) is 24.2 Å². The maximum absolute atomic E-state index is 10.3. The Bertz CT molecular complexity index is 342. The zero-order chi connectivity index (χ0) is 11.8. The van der Waals surface area contributed by atoms with Gasteiger partial charge in [0.1, 0.15) is 0 Å². The van der Waals surface area contributed by atoms with Gasteiger partial charge in [-0.2, -0.15) is 0 Å². The number of aliphatic carboxylic acids is 1. The first-order valence-electron chi connectivity index (χ1n) is 5.32. The normalized spacial score (nSPS) is 10.1. The van der Waals surface area contributed by atoms with Gasteiger partial charge in [0.05, 0.1) is 0 Å². The van der Waals surface area contributed by atoms with Gasteiger partial charge in [-0.25, -0.2) is 0 Å². The molecule has 16 heavy (non-hydrogen) atoms. The fourth-order valence-electron chi connectivity index (χ4n) is 1.41. The Kier molecular flexibility index (Phi) is 5.78. The number of hydrogen-bond donors (Lipinski definition) is 2. The number of unbranched alkanes of at least 4 members (excludes halogenated alkanes) is 1. The Morgan fingerprint density at radius 2 is 2.12 bits per heavy atom. The minimum Gasteiger partial charge on any atom is -0.481 e. The lowest BCUT2D eigenvalue weighted by atomic mass is 10.2. The van der Waals surface area contributed by atoms with E-state index in [4.69, 9.17) is 5.11 Å². The number of carboxylic acid groups (broad SMARTS) is 1. The third-order valence-electron chi connectivity index (χ3n) is 2.24. The molecule has 0 saturated carbocycles. The fraction of sp³-hybridized carbons (Fsp3) is 0.417. The molecule has 0 aromatic heterocycles. The van der Waals surface area contributed by atoms with Gasteiger partial charge in [0.2, 0.25) is 0 Å². The van der Waals surface area contributed by atoms with Crippen LogP contribution in [0.5, 0.6) is 0 Å². The van der Waals surface area contributed by atoms with E-state index in [2.05, 4.69) is 11.4 Å². The number of anilines is 1. The average Bonchev–Trinajstić information content (AvgIpc) is 2.29. The molecule has 0 amide bonds. The molecule has 0 aliphatic heterocycles. The van der Waals surface area contributed by atoms with E-state index in [-0.39, 0.29) is 6.42 Å². The summed E-state index contributed by atoms with van der Waals surface area (Å²) in [5.41, 5.74) is 1.13. The first kappa shape index (κ1) is 12.9. The lowest BCUT2D eigenvalue weighted by Gasteiger charge is -2.09. The Labute approximate surface area is 100 Å². The third-order valence-corrected chi connectivity index (χ3v) is 3.04. The van der Waals surface area contributed by atoms with Crippen LogP contribution in [0.4, 0.5) is 5.69 Å². The Morgan fingerprint density at radius 3 is 2.81 bits per heavy atom. The first-order valence-corrected chi connectivity index (χ1v) is 6.55. The van der Waals surface area contributed by atoms with Gasteiger partial charge in [-0.05, 0) is 31.2 Å². The molecule has 0 heterocycles. The maximum atomic E-state index is 10.3. The van der Waals surface area contributed by atoms with Crippen molar-refractivity contribution in [3.63, 3.8) is 0 Å². The molecule has 88 valence electrons. The predicted molar refractivity (Wildman–Crippen MR) is 68.2 cm³/mol. The second-order valence-electron chi connectivity index (χ2n) is 3.48. The second kappa shape index (κ2) is 7.17. The summed E-state index contributed by atoms with van der Waals surface area (Å²) in [7, 11) is 0. The monoisotopic (exact) mass is 239 g/mol. The van der Waals surface area contributed by atoms with Crippen molar-refractivity contribution in [3.05, 3.63) is 24.3 Å². The number of nitrogens with one attached hydrogen (secondary N) is 1. The van der Waals surface area contributed by atoms with Crippen molar-refractivity contribution >= 4 is 23.4 Å². The molecular formula is C12H17NO2S. The molecule has 1 aromatic rings. The Hall–Kier alpha value is -1.16. The number of carbonyl (C=O) groups is 1. The Morgan fingerprint density at radius 1 is 1.38 bits per heavy atom. The zero-order valence-corrected chi connectivity index (χ0v) is 10.2. The van der Waals surface area contributed by atoms with Crippen LogP contribution in [0.2, 0.25) is 0 Å². The molecule has 0 aliphatic carbocycles. The summed E-state index contributed by atoms with van der Waals surface area (Å²) >= 11 is 1.71. The SMILES string of the molecule is CSc1ccccc1NCCCCC(=O)O. The van der Waals surface area contributed by atoms with E-state index in [0.717, 1.165) is 25.1 Å². The van der Waals surface area contributed by atoms with Crippen molar-refractivity contribution in [2.75, 3.05) is 18.1 Å². The number of thioether (sulfide) groups is 1. The van der Waals surface area contributed by atoms with E-state index in [1.165, 1.54) is 4.90 Å². The van der Waals surface area contributed by atoms with Crippen molar-refractivity contribution in [3.8, 4) is 0 Å². The smallest absolute Gasteiger partial charge is 0.303 e. The van der Waals surface area contributed by atoms with Crippen molar-refractivity contribution in [2.24, 2.45) is 0 Å². The molecule has 4 heteroatoms. The molecule has 2 N–H and O–H groups in total. The van der Waals surface area contributed by atoms with Gasteiger partial charge in [-0.1, -0.05) is 12.1 Å². The van der Waals surface area contributed by atoms with Crippen LogP contribution in [0, 0.1) is 0 Å². The van der Waals surface area contributed by atoms with Gasteiger partial charge in [0, 0.05) is 23.5 Å². The summed E-state index contributed by atoms with van der Waals surface area (Å²) in [6.45, 7) is 0.824. The van der Waals surface area contributed by atoms with Crippen LogP contribution in [0.3, 0.4) is 0 Å². The highest BCUT2D eigenvalue weighted by molar-refractivity contribution is 7.98. The van der Waals surface area contributed by atoms with E-state index in [9.17, 15) is 4.79 Å². The molecule has 0 unspecified atom stereocenters. The summed E-state index contributed by atoms with van der Waals surface area (Å²) in [6, 6.07) is 8.13. The lowest BCUT2D eigenvalue weighted by molar-refractivity contribution is -0.137. The molecule has 0 fully saturated rings. The quantitative estimate of drug-likeness (QED) is 0.567. The van der Waals surface area contributed by atoms with Crippen molar-refractivity contribution < 1.29 is 9.90 Å². The highest BCUT2D eigenvalue weighted by atomic mass is 32.2. The van der Waals surface area contributed by atoms with E-state index in [1.807, 2.05) is 24.5 Å². The van der Waals surface area contributed by atoms with E-state index >= 15 is 0 Å². The third kappa shape index (κ3) is 4.57. The minimum absolute atomic E-state index is 0.256. The summed E-state index contributed by atoms with van der Waals surface area (Å²) < 4.78 is 0. The molecule has 3 nitrogen and oxygen atoms in total. The van der Waals surface area contributed by atoms with Crippen LogP contribution in [0.15, 0.2) is 29.2 Å². The summed E-state index contributed by atoms with van der Waals surface area (Å²) in [6.07, 6.45) is 3.91. The van der Waals surface area contributed by atoms with E-state index in [0.29, 0.717) is 0 Å². The number of para-hydroxylation sites is 1. The van der Waals surface area contributed by atoms with E-state index in [1.54, 1.807) is 11.8 Å². The van der Waals surface area contributed by atoms with Gasteiger partial charge in [0.25, 0.3) is 0 Å². The molecule has 1 aromatic carbocycles. The standard InChI is InChI=1S/C12H17NO2S/c1-16-11-7-3-2-6-10(11)13-9-5-4-8-12(14)15/h2-3,6-7,13H,4-5,8-9H2,1H3,(H,14,15). The highest BCUT2D eigenvalue weighted by Gasteiger charge is 1.99. The summed E-state index contributed by atoms with van der Waals surface area (Å²) in [5, 5.41) is 11.8. The van der Waals surface area contributed by atoms with E-state index < -0.39 is 5.97 Å². The lowest BCUT2D eigenvalue weighted by Crippen LogP contribution is -2.03. The molecule has 0 saturated heterocycles. The minimum atomic E-state index is -0.718. The van der Waals surface area contributed by atoms with Crippen LogP contribution in [0.1, 0.15) is 19.3 Å². The van der Waals surface area contributed by atoms with Crippen LogP contribution in [0.25, 0.3) is 0 Å². The van der Waals surface area contributed by atoms with Gasteiger partial charge in [-0.3, -0.25) is 4.79 Å². The van der Waals surface area contributed by atoms with Crippen LogP contribution in [-0.4, -0.2) is 23.9 Å². The molecule has 0 aliphatic rings. The average molecular weight is 239 g/mol. The fourth-order valence-corrected chi connectivity index (χ4v) is 1.99. The molecule has 0 radical (unpaired) electrons. The zero-order valence-electron chi connectivity index (χ0n) is 9.40. The Balaban J connectivity index is 2.28. The van der Waals surface area contributed by atoms with Crippen molar-refractivity contribution in [1.29, 1.82) is 0 Å². The number of hydrogen-bond acceptors (Lipinski definition) is 3. The highest BCUT2D eigenvalue weighted by Crippen LogP contribution is 2.24. The molecular weight excluding hydrogens is 222 g/mol. The van der Waals surface area contributed by atoms with Gasteiger partial charge < -0.3 is 10.4 Å². The second-order valence-corrected chi connectivity index (χ2v) is 4.33. The van der Waals surface area contributed by atoms with Crippen LogP contribution >= 0.6 is 11.8 Å². The van der Waals surface area contributed by atoms with Gasteiger partial charge >= 0.3 is 5.97 Å². The molecule has 1 rings (SSSR count). The largest absolute Gasteiger partial charge is 0.481 e. The topological polar surface area (TPSA) is 49.3 Å². The first-order chi connectivity index (χ1) is 7.74. The number of carboxylic acids is 1. The summed E-state index contributed by atoms with van der Waals surface area (Å²) in [4.78, 5) is 11.5. The van der Waals surface area contributed by atoms with Gasteiger partial charge in [-0.15, -0.1) is 11.8 Å². The number of rotatable bonds is 7. The molecule has 0 atom stereocenters. The summed E-state index contributed by atoms with van der Waals surface area (Å²) in [5.74, 6) is -0.718. The molecule has 0 spiro atoms. The van der Waals surface area contributed by atoms with Crippen molar-refractivity contribution in [1.82, 2.24) is 0 Å². The predicted octanol–water partition coefficient (Wildman–Crippen LogP) is 3.08. The van der Waals surface area contributed by atoms with Crippen LogP contribution < -0.4 is 5.32 Å².